The summed E-state index contributed by atoms with van der Waals surface area (Å²) in [5.41, 5.74) is -1.84. The van der Waals surface area contributed by atoms with Crippen molar-refractivity contribution in [3.63, 3.8) is 0 Å². The number of nitrogens with zero attached hydrogens (tertiary/aromatic N) is 1. The van der Waals surface area contributed by atoms with E-state index < -0.39 is 27.9 Å². The van der Waals surface area contributed by atoms with E-state index in [-0.39, 0.29) is 18.0 Å². The fourth-order valence-corrected chi connectivity index (χ4v) is 1.36. The zero-order valence-corrected chi connectivity index (χ0v) is 11.5. The molecule has 0 heterocycles. The number of nitro groups is 1. The molecule has 0 fully saturated rings. The molecular weight excluding hydrogens is 267 g/mol. The predicted octanol–water partition coefficient (Wildman–Crippen LogP) is 1.87. The van der Waals surface area contributed by atoms with Crippen molar-refractivity contribution in [1.82, 2.24) is 5.32 Å². The van der Waals surface area contributed by atoms with Crippen molar-refractivity contribution >= 4 is 11.6 Å². The number of hydrogen-bond acceptors (Lipinski definition) is 4. The Morgan fingerprint density at radius 2 is 2.15 bits per heavy atom. The van der Waals surface area contributed by atoms with E-state index in [1.807, 2.05) is 0 Å². The molecule has 6 nitrogen and oxygen atoms in total. The van der Waals surface area contributed by atoms with Gasteiger partial charge in [0, 0.05) is 12.6 Å². The standard InChI is InChI=1S/C13H17FN2O4/c1-8(2)13(3,18)7-15-12(17)10-5-4-9(16(19)20)6-11(10)14/h4-6,8,18H,7H2,1-3H3,(H,15,17). The van der Waals surface area contributed by atoms with Gasteiger partial charge in [0.25, 0.3) is 11.6 Å². The van der Waals surface area contributed by atoms with Gasteiger partial charge >= 0.3 is 0 Å². The topological polar surface area (TPSA) is 92.5 Å². The summed E-state index contributed by atoms with van der Waals surface area (Å²) in [6.45, 7) is 5.10. The Morgan fingerprint density at radius 3 is 2.60 bits per heavy atom. The van der Waals surface area contributed by atoms with Crippen molar-refractivity contribution < 1.29 is 19.2 Å². The number of halogens is 1. The van der Waals surface area contributed by atoms with Crippen molar-refractivity contribution in [3.05, 3.63) is 39.7 Å². The first-order valence-corrected chi connectivity index (χ1v) is 6.09. The molecule has 1 aromatic rings. The second-order valence-electron chi connectivity index (χ2n) is 5.12. The van der Waals surface area contributed by atoms with E-state index >= 15 is 0 Å². The fourth-order valence-electron chi connectivity index (χ4n) is 1.36. The molecule has 0 aliphatic carbocycles. The molecule has 7 heteroatoms. The van der Waals surface area contributed by atoms with Crippen LogP contribution >= 0.6 is 0 Å². The molecule has 2 N–H and O–H groups in total. The molecule has 0 aromatic heterocycles. The summed E-state index contributed by atoms with van der Waals surface area (Å²) in [7, 11) is 0. The normalized spacial score (nSPS) is 13.9. The summed E-state index contributed by atoms with van der Waals surface area (Å²) in [6.07, 6.45) is 0. The van der Waals surface area contributed by atoms with E-state index in [1.165, 1.54) is 0 Å². The van der Waals surface area contributed by atoms with Gasteiger partial charge in [0.05, 0.1) is 22.2 Å². The number of non-ortho nitro benzene ring substituents is 1. The molecule has 1 amide bonds. The minimum Gasteiger partial charge on any atom is -0.388 e. The Kier molecular flexibility index (Phi) is 4.78. The van der Waals surface area contributed by atoms with Crippen LogP contribution in [0.4, 0.5) is 10.1 Å². The van der Waals surface area contributed by atoms with Gasteiger partial charge in [-0.3, -0.25) is 14.9 Å². The van der Waals surface area contributed by atoms with Crippen molar-refractivity contribution in [3.8, 4) is 0 Å². The van der Waals surface area contributed by atoms with Crippen LogP contribution in [0.2, 0.25) is 0 Å². The van der Waals surface area contributed by atoms with Gasteiger partial charge in [-0.15, -0.1) is 0 Å². The summed E-state index contributed by atoms with van der Waals surface area (Å²) in [4.78, 5) is 21.5. The lowest BCUT2D eigenvalue weighted by molar-refractivity contribution is -0.385. The third-order valence-electron chi connectivity index (χ3n) is 3.26. The molecule has 0 spiro atoms. The van der Waals surface area contributed by atoms with Crippen LogP contribution in [0.5, 0.6) is 0 Å². The highest BCUT2D eigenvalue weighted by Gasteiger charge is 2.26. The van der Waals surface area contributed by atoms with Crippen LogP contribution in [0.1, 0.15) is 31.1 Å². The maximum Gasteiger partial charge on any atom is 0.272 e. The Labute approximate surface area is 115 Å². The maximum absolute atomic E-state index is 13.6. The first-order valence-electron chi connectivity index (χ1n) is 6.09. The highest BCUT2D eigenvalue weighted by atomic mass is 19.1. The average molecular weight is 284 g/mol. The Bertz CT molecular complexity index is 529. The molecule has 1 aromatic carbocycles. The van der Waals surface area contributed by atoms with Gasteiger partial charge in [-0.05, 0) is 18.9 Å². The molecular formula is C13H17FN2O4. The summed E-state index contributed by atoms with van der Waals surface area (Å²) < 4.78 is 13.6. The van der Waals surface area contributed by atoms with Crippen molar-refractivity contribution in [1.29, 1.82) is 0 Å². The molecule has 0 saturated carbocycles. The predicted molar refractivity (Wildman–Crippen MR) is 70.8 cm³/mol. The summed E-state index contributed by atoms with van der Waals surface area (Å²) in [6, 6.07) is 2.79. The molecule has 0 aliphatic heterocycles. The van der Waals surface area contributed by atoms with E-state index in [0.29, 0.717) is 6.07 Å². The summed E-state index contributed by atoms with van der Waals surface area (Å²) in [5, 5.41) is 22.9. The van der Waals surface area contributed by atoms with Gasteiger partial charge in [-0.2, -0.15) is 0 Å². The van der Waals surface area contributed by atoms with Gasteiger partial charge in [-0.25, -0.2) is 4.39 Å². The van der Waals surface area contributed by atoms with Crippen LogP contribution in [0, 0.1) is 21.8 Å². The lowest BCUT2D eigenvalue weighted by atomic mass is 9.92. The molecule has 0 bridgehead atoms. The van der Waals surface area contributed by atoms with Gasteiger partial charge in [0.2, 0.25) is 0 Å². The minimum absolute atomic E-state index is 0.0417. The summed E-state index contributed by atoms with van der Waals surface area (Å²) in [5.74, 6) is -1.79. The number of carbonyl (C=O) groups is 1. The van der Waals surface area contributed by atoms with Gasteiger partial charge in [0.1, 0.15) is 5.82 Å². The third kappa shape index (κ3) is 3.74. The molecule has 1 unspecified atom stereocenters. The fraction of sp³-hybridized carbons (Fsp3) is 0.462. The highest BCUT2D eigenvalue weighted by molar-refractivity contribution is 5.94. The molecule has 110 valence electrons. The van der Waals surface area contributed by atoms with Crippen LogP contribution < -0.4 is 5.32 Å². The van der Waals surface area contributed by atoms with E-state index in [1.54, 1.807) is 20.8 Å². The first kappa shape index (κ1) is 16.0. The van der Waals surface area contributed by atoms with Crippen LogP contribution in [0.15, 0.2) is 18.2 Å². The van der Waals surface area contributed by atoms with E-state index in [2.05, 4.69) is 5.32 Å². The van der Waals surface area contributed by atoms with Crippen LogP contribution in [-0.4, -0.2) is 28.1 Å². The highest BCUT2D eigenvalue weighted by Crippen LogP contribution is 2.18. The zero-order valence-electron chi connectivity index (χ0n) is 11.5. The maximum atomic E-state index is 13.6. The molecule has 1 atom stereocenters. The van der Waals surface area contributed by atoms with Crippen LogP contribution in [0.25, 0.3) is 0 Å². The van der Waals surface area contributed by atoms with Crippen molar-refractivity contribution in [2.24, 2.45) is 5.92 Å². The number of nitrogens with one attached hydrogen (secondary N) is 1. The molecule has 0 radical (unpaired) electrons. The molecule has 20 heavy (non-hydrogen) atoms. The van der Waals surface area contributed by atoms with E-state index in [4.69, 9.17) is 0 Å². The third-order valence-corrected chi connectivity index (χ3v) is 3.26. The average Bonchev–Trinajstić information content (AvgIpc) is 2.35. The Morgan fingerprint density at radius 1 is 1.55 bits per heavy atom. The number of rotatable bonds is 5. The zero-order chi connectivity index (χ0) is 15.5. The van der Waals surface area contributed by atoms with Crippen LogP contribution in [-0.2, 0) is 0 Å². The number of amides is 1. The van der Waals surface area contributed by atoms with Crippen molar-refractivity contribution in [2.45, 2.75) is 26.4 Å². The van der Waals surface area contributed by atoms with Gasteiger partial charge in [0.15, 0.2) is 0 Å². The minimum atomic E-state index is -1.12. The number of benzene rings is 1. The van der Waals surface area contributed by atoms with Crippen LogP contribution in [0.3, 0.4) is 0 Å². The smallest absolute Gasteiger partial charge is 0.272 e. The van der Waals surface area contributed by atoms with Gasteiger partial charge in [-0.1, -0.05) is 13.8 Å². The number of hydrogen-bond donors (Lipinski definition) is 2. The Balaban J connectivity index is 2.81. The number of carbonyl (C=O) groups excluding carboxylic acids is 1. The molecule has 1 rings (SSSR count). The van der Waals surface area contributed by atoms with Crippen molar-refractivity contribution in [2.75, 3.05) is 6.54 Å². The van der Waals surface area contributed by atoms with E-state index in [0.717, 1.165) is 12.1 Å². The summed E-state index contributed by atoms with van der Waals surface area (Å²) >= 11 is 0. The lowest BCUT2D eigenvalue weighted by Gasteiger charge is -2.27. The second kappa shape index (κ2) is 5.96. The second-order valence-corrected chi connectivity index (χ2v) is 5.12. The molecule has 0 aliphatic rings. The van der Waals surface area contributed by atoms with E-state index in [9.17, 15) is 24.4 Å². The lowest BCUT2D eigenvalue weighted by Crippen LogP contribution is -2.44. The monoisotopic (exact) mass is 284 g/mol. The Hall–Kier alpha value is -2.02. The largest absolute Gasteiger partial charge is 0.388 e. The first-order chi connectivity index (χ1) is 9.15. The molecule has 0 saturated heterocycles. The number of nitro benzene ring substituents is 1. The SMILES string of the molecule is CC(C)C(C)(O)CNC(=O)c1ccc([N+](=O)[O-])cc1F. The quantitative estimate of drug-likeness (QED) is 0.637. The van der Waals surface area contributed by atoms with Gasteiger partial charge < -0.3 is 10.4 Å². The number of aliphatic hydroxyl groups is 1.